The molecule has 1 aromatic carbocycles. The maximum atomic E-state index is 12.5. The van der Waals surface area contributed by atoms with Gasteiger partial charge in [0.05, 0.1) is 24.1 Å². The summed E-state index contributed by atoms with van der Waals surface area (Å²) in [5.41, 5.74) is 1.70. The van der Waals surface area contributed by atoms with Crippen molar-refractivity contribution in [2.75, 3.05) is 16.8 Å². The van der Waals surface area contributed by atoms with Crippen LogP contribution in [0.1, 0.15) is 35.7 Å². The number of furan rings is 1. The van der Waals surface area contributed by atoms with Crippen molar-refractivity contribution in [3.63, 3.8) is 0 Å². The van der Waals surface area contributed by atoms with Crippen molar-refractivity contribution in [2.45, 2.75) is 27.0 Å². The van der Waals surface area contributed by atoms with E-state index in [2.05, 4.69) is 10.3 Å². The number of nitrogens with one attached hydrogen (secondary N) is 1. The third-order valence-electron chi connectivity index (χ3n) is 4.00. The first-order valence-electron chi connectivity index (χ1n) is 8.83. The van der Waals surface area contributed by atoms with E-state index < -0.39 is 5.97 Å². The number of ether oxygens (including phenoxy) is 1. The highest BCUT2D eigenvalue weighted by atomic mass is 32.1. The number of esters is 1. The molecule has 0 saturated heterocycles. The van der Waals surface area contributed by atoms with Crippen LogP contribution in [0.3, 0.4) is 0 Å². The molecule has 0 aliphatic carbocycles. The normalized spacial score (nSPS) is 10.5. The van der Waals surface area contributed by atoms with Gasteiger partial charge in [-0.05, 0) is 31.2 Å². The Morgan fingerprint density at radius 3 is 2.79 bits per heavy atom. The van der Waals surface area contributed by atoms with Crippen molar-refractivity contribution >= 4 is 34.0 Å². The lowest BCUT2D eigenvalue weighted by Gasteiger charge is -2.14. The number of carbonyl (C=O) groups is 2. The van der Waals surface area contributed by atoms with E-state index in [0.29, 0.717) is 35.2 Å². The average molecular weight is 399 g/mol. The van der Waals surface area contributed by atoms with Crippen LogP contribution in [0.2, 0.25) is 0 Å². The molecule has 0 radical (unpaired) electrons. The molecular formula is C20H21N3O4S. The van der Waals surface area contributed by atoms with Gasteiger partial charge in [-0.3, -0.25) is 9.69 Å². The topological polar surface area (TPSA) is 84.7 Å². The fraction of sp³-hybridized carbons (Fsp3) is 0.250. The maximum absolute atomic E-state index is 12.5. The average Bonchev–Trinajstić information content (AvgIpc) is 3.37. The smallest absolute Gasteiger partial charge is 0.340 e. The number of nitrogens with zero attached hydrogens (tertiary/aromatic N) is 2. The Morgan fingerprint density at radius 1 is 1.25 bits per heavy atom. The number of thiazole rings is 1. The van der Waals surface area contributed by atoms with Crippen molar-refractivity contribution in [3.05, 3.63) is 65.1 Å². The van der Waals surface area contributed by atoms with E-state index in [1.165, 1.54) is 18.3 Å². The van der Waals surface area contributed by atoms with Crippen LogP contribution in [0, 0.1) is 0 Å². The van der Waals surface area contributed by atoms with E-state index in [1.54, 1.807) is 28.7 Å². The van der Waals surface area contributed by atoms with E-state index in [1.807, 2.05) is 31.2 Å². The molecule has 28 heavy (non-hydrogen) atoms. The van der Waals surface area contributed by atoms with Gasteiger partial charge in [0.15, 0.2) is 5.13 Å². The summed E-state index contributed by atoms with van der Waals surface area (Å²) in [5, 5.41) is 5.57. The number of benzene rings is 1. The summed E-state index contributed by atoms with van der Waals surface area (Å²) >= 11 is 1.35. The first-order valence-corrected chi connectivity index (χ1v) is 9.71. The van der Waals surface area contributed by atoms with Gasteiger partial charge in [0.2, 0.25) is 5.91 Å². The molecule has 7 nitrogen and oxygen atoms in total. The summed E-state index contributed by atoms with van der Waals surface area (Å²) in [6.07, 6.45) is 1.60. The van der Waals surface area contributed by atoms with Gasteiger partial charge < -0.3 is 14.5 Å². The number of hydrogen-bond donors (Lipinski definition) is 1. The quantitative estimate of drug-likeness (QED) is 0.575. The summed E-state index contributed by atoms with van der Waals surface area (Å²) in [7, 11) is 0. The van der Waals surface area contributed by atoms with Crippen LogP contribution < -0.4 is 10.2 Å². The number of anilines is 2. The molecule has 0 fully saturated rings. The highest BCUT2D eigenvalue weighted by Gasteiger charge is 2.16. The summed E-state index contributed by atoms with van der Waals surface area (Å²) in [6, 6.07) is 10.8. The Kier molecular flexibility index (Phi) is 6.44. The fourth-order valence-electron chi connectivity index (χ4n) is 2.61. The molecule has 3 rings (SSSR count). The van der Waals surface area contributed by atoms with Crippen molar-refractivity contribution in [1.82, 2.24) is 4.98 Å². The first kappa shape index (κ1) is 19.6. The van der Waals surface area contributed by atoms with Gasteiger partial charge in [0.25, 0.3) is 0 Å². The van der Waals surface area contributed by atoms with Gasteiger partial charge in [0, 0.05) is 24.5 Å². The lowest BCUT2D eigenvalue weighted by atomic mass is 10.2. The zero-order valence-corrected chi connectivity index (χ0v) is 16.5. The van der Waals surface area contributed by atoms with Crippen LogP contribution >= 0.6 is 11.3 Å². The molecule has 0 bridgehead atoms. The lowest BCUT2D eigenvalue weighted by molar-refractivity contribution is -0.116. The molecule has 8 heteroatoms. The third-order valence-corrected chi connectivity index (χ3v) is 4.91. The largest absolute Gasteiger partial charge is 0.467 e. The molecule has 1 N–H and O–H groups in total. The predicted octanol–water partition coefficient (Wildman–Crippen LogP) is 4.08. The van der Waals surface area contributed by atoms with E-state index in [0.717, 1.165) is 5.76 Å². The van der Waals surface area contributed by atoms with Gasteiger partial charge >= 0.3 is 5.97 Å². The SMILES string of the molecule is CCN(C(C)=O)c1nc(COC(=O)c2ccccc2NCc2ccco2)cs1. The summed E-state index contributed by atoms with van der Waals surface area (Å²) in [6.45, 7) is 4.42. The van der Waals surface area contributed by atoms with Crippen LogP contribution in [-0.4, -0.2) is 23.4 Å². The number of hydrogen-bond acceptors (Lipinski definition) is 7. The number of carbonyl (C=O) groups excluding carboxylic acids is 2. The van der Waals surface area contributed by atoms with Crippen LogP contribution in [0.25, 0.3) is 0 Å². The summed E-state index contributed by atoms with van der Waals surface area (Å²) in [4.78, 5) is 30.1. The van der Waals surface area contributed by atoms with E-state index in [4.69, 9.17) is 9.15 Å². The van der Waals surface area contributed by atoms with Crippen molar-refractivity contribution in [3.8, 4) is 0 Å². The Morgan fingerprint density at radius 2 is 2.07 bits per heavy atom. The van der Waals surface area contributed by atoms with E-state index in [-0.39, 0.29) is 12.5 Å². The Labute approximate surface area is 167 Å². The minimum absolute atomic E-state index is 0.0390. The summed E-state index contributed by atoms with van der Waals surface area (Å²) < 4.78 is 10.7. The monoisotopic (exact) mass is 399 g/mol. The number of aromatic nitrogens is 1. The Hall–Kier alpha value is -3.13. The molecule has 1 amide bonds. The zero-order chi connectivity index (χ0) is 19.9. The fourth-order valence-corrected chi connectivity index (χ4v) is 3.52. The molecule has 0 spiro atoms. The molecule has 0 aliphatic rings. The van der Waals surface area contributed by atoms with Crippen LogP contribution in [0.15, 0.2) is 52.5 Å². The molecule has 0 saturated carbocycles. The minimum atomic E-state index is -0.448. The number of amides is 1. The third kappa shape index (κ3) is 4.77. The van der Waals surface area contributed by atoms with Gasteiger partial charge in [-0.2, -0.15) is 0 Å². The van der Waals surface area contributed by atoms with Gasteiger partial charge in [0.1, 0.15) is 12.4 Å². The van der Waals surface area contributed by atoms with Crippen LogP contribution in [0.5, 0.6) is 0 Å². The van der Waals surface area contributed by atoms with Gasteiger partial charge in [-0.1, -0.05) is 12.1 Å². The van der Waals surface area contributed by atoms with Crippen molar-refractivity contribution in [2.24, 2.45) is 0 Å². The van der Waals surface area contributed by atoms with E-state index >= 15 is 0 Å². The van der Waals surface area contributed by atoms with Crippen LogP contribution in [-0.2, 0) is 22.7 Å². The van der Waals surface area contributed by atoms with Crippen LogP contribution in [0.4, 0.5) is 10.8 Å². The number of para-hydroxylation sites is 1. The second-order valence-electron chi connectivity index (χ2n) is 5.94. The van der Waals surface area contributed by atoms with Gasteiger partial charge in [-0.15, -0.1) is 11.3 Å². The van der Waals surface area contributed by atoms with Crippen molar-refractivity contribution < 1.29 is 18.7 Å². The maximum Gasteiger partial charge on any atom is 0.340 e. The second-order valence-corrected chi connectivity index (χ2v) is 6.78. The minimum Gasteiger partial charge on any atom is -0.467 e. The standard InChI is InChI=1S/C20H21N3O4S/c1-3-23(14(2)24)20-22-15(13-28-20)12-27-19(25)17-8-4-5-9-18(17)21-11-16-7-6-10-26-16/h4-10,13,21H,3,11-12H2,1-2H3. The highest BCUT2D eigenvalue weighted by molar-refractivity contribution is 7.14. The predicted molar refractivity (Wildman–Crippen MR) is 107 cm³/mol. The second kappa shape index (κ2) is 9.18. The summed E-state index contributed by atoms with van der Waals surface area (Å²) in [5.74, 6) is 0.247. The lowest BCUT2D eigenvalue weighted by Crippen LogP contribution is -2.27. The van der Waals surface area contributed by atoms with Gasteiger partial charge in [-0.25, -0.2) is 9.78 Å². The number of rotatable bonds is 8. The zero-order valence-electron chi connectivity index (χ0n) is 15.7. The first-order chi connectivity index (χ1) is 13.6. The molecule has 146 valence electrons. The Balaban J connectivity index is 1.62. The molecule has 2 heterocycles. The molecular weight excluding hydrogens is 378 g/mol. The highest BCUT2D eigenvalue weighted by Crippen LogP contribution is 2.22. The Bertz CT molecular complexity index is 937. The van der Waals surface area contributed by atoms with Crippen molar-refractivity contribution in [1.29, 1.82) is 0 Å². The molecule has 0 atom stereocenters. The van der Waals surface area contributed by atoms with E-state index in [9.17, 15) is 9.59 Å². The molecule has 3 aromatic rings. The molecule has 0 aliphatic heterocycles. The molecule has 0 unspecified atom stereocenters. The molecule has 2 aromatic heterocycles.